The maximum absolute atomic E-state index is 11.5. The molecule has 4 rings (SSSR count). The van der Waals surface area contributed by atoms with Crippen LogP contribution < -0.4 is 9.47 Å². The van der Waals surface area contributed by atoms with Crippen LogP contribution >= 0.6 is 11.8 Å². The van der Waals surface area contributed by atoms with Crippen molar-refractivity contribution < 1.29 is 19.3 Å². The average Bonchev–Trinajstić information content (AvgIpc) is 3.27. The van der Waals surface area contributed by atoms with E-state index >= 15 is 0 Å². The Bertz CT molecular complexity index is 1390. The molecule has 0 amide bonds. The summed E-state index contributed by atoms with van der Waals surface area (Å²) in [6, 6.07) is 20.6. The summed E-state index contributed by atoms with van der Waals surface area (Å²) in [5.74, 6) is 1.90. The smallest absolute Gasteiger partial charge is 0.269 e. The Morgan fingerprint density at radius 2 is 1.68 bits per heavy atom. The second-order valence-corrected chi connectivity index (χ2v) is 9.14. The van der Waals surface area contributed by atoms with Crippen LogP contribution in [-0.2, 0) is 6.61 Å². The topological polar surface area (TPSA) is 135 Å². The standard InChI is InChI=1S/C25H23N5O6S/c1-17-26-27-25(29(17)20-8-12-22(35-2)13-9-20)37-24(15-28(31)32)19-6-10-23(11-7-19)36-16-18-4-3-5-21(14-18)30(33)34/h3-14,24H,15-16H2,1-2H3/t24-/m0/s1. The Morgan fingerprint density at radius 3 is 2.32 bits per heavy atom. The average molecular weight is 522 g/mol. The number of aromatic nitrogens is 3. The van der Waals surface area contributed by atoms with Crippen LogP contribution in [0, 0.1) is 27.2 Å². The van der Waals surface area contributed by atoms with Crippen LogP contribution in [0.4, 0.5) is 5.69 Å². The molecule has 11 nitrogen and oxygen atoms in total. The molecule has 0 bridgehead atoms. The molecule has 37 heavy (non-hydrogen) atoms. The first-order valence-corrected chi connectivity index (χ1v) is 12.0. The number of aryl methyl sites for hydroxylation is 1. The number of benzene rings is 3. The zero-order chi connectivity index (χ0) is 26.4. The van der Waals surface area contributed by atoms with E-state index in [-0.39, 0.29) is 23.8 Å². The number of rotatable bonds is 11. The van der Waals surface area contributed by atoms with Gasteiger partial charge in [0.25, 0.3) is 5.69 Å². The highest BCUT2D eigenvalue weighted by atomic mass is 32.2. The molecule has 1 atom stereocenters. The van der Waals surface area contributed by atoms with E-state index < -0.39 is 10.2 Å². The predicted octanol–water partition coefficient (Wildman–Crippen LogP) is 5.18. The van der Waals surface area contributed by atoms with E-state index in [2.05, 4.69) is 10.2 Å². The van der Waals surface area contributed by atoms with E-state index in [1.54, 1.807) is 43.5 Å². The van der Waals surface area contributed by atoms with Gasteiger partial charge in [-0.3, -0.25) is 24.8 Å². The molecule has 0 spiro atoms. The third-order valence-corrected chi connectivity index (χ3v) is 6.65. The quantitative estimate of drug-likeness (QED) is 0.148. The predicted molar refractivity (Wildman–Crippen MR) is 137 cm³/mol. The van der Waals surface area contributed by atoms with Crippen molar-refractivity contribution in [3.63, 3.8) is 0 Å². The van der Waals surface area contributed by atoms with Gasteiger partial charge in [-0.2, -0.15) is 0 Å². The van der Waals surface area contributed by atoms with Gasteiger partial charge >= 0.3 is 0 Å². The Morgan fingerprint density at radius 1 is 0.973 bits per heavy atom. The van der Waals surface area contributed by atoms with Crippen LogP contribution in [0.15, 0.2) is 78.0 Å². The Kier molecular flexibility index (Phi) is 7.98. The summed E-state index contributed by atoms with van der Waals surface area (Å²) in [5, 5.41) is 30.9. The summed E-state index contributed by atoms with van der Waals surface area (Å²) in [6.45, 7) is 1.66. The van der Waals surface area contributed by atoms with Gasteiger partial charge in [0.05, 0.1) is 12.0 Å². The third kappa shape index (κ3) is 6.41. The first-order chi connectivity index (χ1) is 17.8. The van der Waals surface area contributed by atoms with Crippen LogP contribution in [0.25, 0.3) is 5.69 Å². The van der Waals surface area contributed by atoms with Crippen molar-refractivity contribution >= 4 is 17.4 Å². The Labute approximate surface area is 216 Å². The number of hydrogen-bond acceptors (Lipinski definition) is 9. The van der Waals surface area contributed by atoms with Gasteiger partial charge in [-0.25, -0.2) is 0 Å². The lowest BCUT2D eigenvalue weighted by Gasteiger charge is -2.15. The summed E-state index contributed by atoms with van der Waals surface area (Å²) in [5.41, 5.74) is 2.20. The van der Waals surface area contributed by atoms with Gasteiger partial charge in [-0.05, 0) is 54.4 Å². The number of methoxy groups -OCH3 is 1. The summed E-state index contributed by atoms with van der Waals surface area (Å²) < 4.78 is 12.8. The number of thioether (sulfide) groups is 1. The summed E-state index contributed by atoms with van der Waals surface area (Å²) >= 11 is 1.25. The number of non-ortho nitro benzene ring substituents is 1. The molecule has 1 heterocycles. The van der Waals surface area contributed by atoms with E-state index in [1.807, 2.05) is 35.8 Å². The number of nitro benzene ring substituents is 1. The van der Waals surface area contributed by atoms with Crippen LogP contribution in [0.2, 0.25) is 0 Å². The molecular formula is C25H23N5O6S. The number of nitro groups is 2. The minimum Gasteiger partial charge on any atom is -0.497 e. The van der Waals surface area contributed by atoms with Gasteiger partial charge in [0.15, 0.2) is 5.16 Å². The minimum absolute atomic E-state index is 0.00572. The molecule has 4 aromatic rings. The molecule has 12 heteroatoms. The number of ether oxygens (including phenoxy) is 2. The second kappa shape index (κ2) is 11.5. The van der Waals surface area contributed by atoms with Gasteiger partial charge < -0.3 is 9.47 Å². The fourth-order valence-electron chi connectivity index (χ4n) is 3.63. The lowest BCUT2D eigenvalue weighted by molar-refractivity contribution is -0.479. The van der Waals surface area contributed by atoms with E-state index in [9.17, 15) is 20.2 Å². The monoisotopic (exact) mass is 521 g/mol. The fraction of sp³-hybridized carbons (Fsp3) is 0.200. The molecule has 0 N–H and O–H groups in total. The lowest BCUT2D eigenvalue weighted by Crippen LogP contribution is -2.11. The zero-order valence-corrected chi connectivity index (χ0v) is 20.8. The highest BCUT2D eigenvalue weighted by Gasteiger charge is 2.24. The second-order valence-electron chi connectivity index (χ2n) is 7.97. The molecule has 0 fully saturated rings. The van der Waals surface area contributed by atoms with Gasteiger partial charge in [0.2, 0.25) is 6.54 Å². The van der Waals surface area contributed by atoms with Crippen molar-refractivity contribution in [2.24, 2.45) is 0 Å². The molecule has 1 aromatic heterocycles. The maximum Gasteiger partial charge on any atom is 0.269 e. The molecule has 0 aliphatic rings. The first-order valence-electron chi connectivity index (χ1n) is 11.1. The molecule has 0 radical (unpaired) electrons. The zero-order valence-electron chi connectivity index (χ0n) is 20.0. The molecule has 3 aromatic carbocycles. The van der Waals surface area contributed by atoms with E-state index in [0.717, 1.165) is 11.3 Å². The summed E-state index contributed by atoms with van der Waals surface area (Å²) in [6.07, 6.45) is 0. The highest BCUT2D eigenvalue weighted by Crippen LogP contribution is 2.36. The summed E-state index contributed by atoms with van der Waals surface area (Å²) in [7, 11) is 1.59. The minimum atomic E-state index is -0.526. The van der Waals surface area contributed by atoms with Crippen molar-refractivity contribution in [1.82, 2.24) is 14.8 Å². The van der Waals surface area contributed by atoms with Crippen molar-refractivity contribution in [3.8, 4) is 17.2 Å². The van der Waals surface area contributed by atoms with Gasteiger partial charge in [-0.15, -0.1) is 10.2 Å². The van der Waals surface area contributed by atoms with Gasteiger partial charge in [0.1, 0.15) is 29.2 Å². The molecule has 0 unspecified atom stereocenters. The largest absolute Gasteiger partial charge is 0.497 e. The first kappa shape index (κ1) is 25.6. The van der Waals surface area contributed by atoms with Gasteiger partial charge in [0, 0.05) is 22.7 Å². The van der Waals surface area contributed by atoms with Crippen molar-refractivity contribution in [2.45, 2.75) is 23.9 Å². The van der Waals surface area contributed by atoms with Crippen molar-refractivity contribution in [3.05, 3.63) is 110 Å². The van der Waals surface area contributed by atoms with E-state index in [4.69, 9.17) is 9.47 Å². The fourth-order valence-corrected chi connectivity index (χ4v) is 4.80. The molecule has 190 valence electrons. The van der Waals surface area contributed by atoms with Gasteiger partial charge in [-0.1, -0.05) is 36.0 Å². The Balaban J connectivity index is 1.51. The SMILES string of the molecule is COc1ccc(-n2c(C)nnc2S[C@@H](C[N+](=O)[O-])c2ccc(OCc3cccc([N+](=O)[O-])c3)cc2)cc1. The van der Waals surface area contributed by atoms with E-state index in [1.165, 1.54) is 23.9 Å². The number of hydrogen-bond donors (Lipinski definition) is 0. The van der Waals surface area contributed by atoms with Crippen molar-refractivity contribution in [1.29, 1.82) is 0 Å². The van der Waals surface area contributed by atoms with Crippen LogP contribution in [-0.4, -0.2) is 38.3 Å². The Hall–Kier alpha value is -4.45. The molecule has 0 aliphatic heterocycles. The van der Waals surface area contributed by atoms with Crippen LogP contribution in [0.3, 0.4) is 0 Å². The van der Waals surface area contributed by atoms with Crippen molar-refractivity contribution in [2.75, 3.05) is 13.7 Å². The van der Waals surface area contributed by atoms with Crippen LogP contribution in [0.1, 0.15) is 22.2 Å². The lowest BCUT2D eigenvalue weighted by atomic mass is 10.1. The molecule has 0 saturated heterocycles. The molecule has 0 saturated carbocycles. The maximum atomic E-state index is 11.5. The third-order valence-electron chi connectivity index (χ3n) is 5.47. The summed E-state index contributed by atoms with van der Waals surface area (Å²) in [4.78, 5) is 21.6. The molecular weight excluding hydrogens is 498 g/mol. The van der Waals surface area contributed by atoms with Crippen LogP contribution in [0.5, 0.6) is 11.5 Å². The molecule has 0 aliphatic carbocycles. The normalized spacial score (nSPS) is 11.6. The van der Waals surface area contributed by atoms with E-state index in [0.29, 0.717) is 28.0 Å². The number of nitrogens with zero attached hydrogens (tertiary/aromatic N) is 5. The highest BCUT2D eigenvalue weighted by molar-refractivity contribution is 7.99.